The highest BCUT2D eigenvalue weighted by Crippen LogP contribution is 2.24. The predicted octanol–water partition coefficient (Wildman–Crippen LogP) is 4.53. The van der Waals surface area contributed by atoms with Crippen LogP contribution in [0, 0.1) is 5.92 Å². The highest BCUT2D eigenvalue weighted by Gasteiger charge is 2.20. The SMILES string of the molecule is O=C(Nc1ccnn1Cc1ccc(Cl)cc1Cl)C1CC=CCC1. The molecule has 1 aliphatic rings. The van der Waals surface area contributed by atoms with Gasteiger partial charge in [-0.15, -0.1) is 0 Å². The van der Waals surface area contributed by atoms with Crippen molar-refractivity contribution in [2.24, 2.45) is 5.92 Å². The molecule has 0 aliphatic heterocycles. The zero-order chi connectivity index (χ0) is 16.2. The van der Waals surface area contributed by atoms with E-state index in [1.807, 2.05) is 6.07 Å². The molecule has 3 rings (SSSR count). The molecule has 23 heavy (non-hydrogen) atoms. The molecule has 1 amide bonds. The van der Waals surface area contributed by atoms with Gasteiger partial charge in [0.05, 0.1) is 12.7 Å². The Morgan fingerprint density at radius 3 is 2.91 bits per heavy atom. The van der Waals surface area contributed by atoms with E-state index in [1.165, 1.54) is 0 Å². The molecule has 1 N–H and O–H groups in total. The van der Waals surface area contributed by atoms with Crippen molar-refractivity contribution < 1.29 is 4.79 Å². The molecule has 0 saturated carbocycles. The van der Waals surface area contributed by atoms with Gasteiger partial charge in [0.1, 0.15) is 5.82 Å². The maximum absolute atomic E-state index is 12.4. The summed E-state index contributed by atoms with van der Waals surface area (Å²) < 4.78 is 1.73. The topological polar surface area (TPSA) is 46.9 Å². The van der Waals surface area contributed by atoms with Crippen molar-refractivity contribution in [1.82, 2.24) is 9.78 Å². The molecule has 1 atom stereocenters. The van der Waals surface area contributed by atoms with Crippen molar-refractivity contribution in [3.05, 3.63) is 58.2 Å². The Balaban J connectivity index is 1.72. The van der Waals surface area contributed by atoms with Crippen LogP contribution in [0.3, 0.4) is 0 Å². The van der Waals surface area contributed by atoms with E-state index in [4.69, 9.17) is 23.2 Å². The first-order chi connectivity index (χ1) is 11.1. The summed E-state index contributed by atoms with van der Waals surface area (Å²) in [6.45, 7) is 0.475. The summed E-state index contributed by atoms with van der Waals surface area (Å²) in [4.78, 5) is 12.4. The van der Waals surface area contributed by atoms with Gasteiger partial charge in [-0.1, -0.05) is 41.4 Å². The molecule has 0 saturated heterocycles. The zero-order valence-corrected chi connectivity index (χ0v) is 14.0. The van der Waals surface area contributed by atoms with Gasteiger partial charge in [-0.25, -0.2) is 4.68 Å². The normalized spacial score (nSPS) is 17.2. The third-order valence-corrected chi connectivity index (χ3v) is 4.53. The predicted molar refractivity (Wildman–Crippen MR) is 92.9 cm³/mol. The number of halogens is 2. The number of nitrogens with zero attached hydrogens (tertiary/aromatic N) is 2. The lowest BCUT2D eigenvalue weighted by Gasteiger charge is -2.18. The number of carbonyl (C=O) groups excluding carboxylic acids is 1. The van der Waals surface area contributed by atoms with E-state index in [9.17, 15) is 4.79 Å². The van der Waals surface area contributed by atoms with Gasteiger partial charge in [0.25, 0.3) is 0 Å². The molecule has 0 spiro atoms. The summed E-state index contributed by atoms with van der Waals surface area (Å²) in [6.07, 6.45) is 8.50. The van der Waals surface area contributed by atoms with Crippen LogP contribution in [0.15, 0.2) is 42.6 Å². The van der Waals surface area contributed by atoms with E-state index in [0.717, 1.165) is 24.8 Å². The van der Waals surface area contributed by atoms with Crippen molar-refractivity contribution in [3.8, 4) is 0 Å². The third kappa shape index (κ3) is 3.95. The standard InChI is InChI=1S/C17H17Cl2N3O/c18-14-7-6-13(15(19)10-14)11-22-16(8-9-20-22)21-17(23)12-4-2-1-3-5-12/h1-2,6-10,12H,3-5,11H2,(H,21,23). The third-order valence-electron chi connectivity index (χ3n) is 3.94. The second-order valence-electron chi connectivity index (χ2n) is 5.58. The molecule has 120 valence electrons. The molecule has 6 heteroatoms. The molecule has 1 aromatic carbocycles. The summed E-state index contributed by atoms with van der Waals surface area (Å²) >= 11 is 12.1. The number of hydrogen-bond acceptors (Lipinski definition) is 2. The quantitative estimate of drug-likeness (QED) is 0.824. The Morgan fingerprint density at radius 1 is 1.30 bits per heavy atom. The van der Waals surface area contributed by atoms with Gasteiger partial charge in [-0.2, -0.15) is 5.10 Å². The number of benzene rings is 1. The van der Waals surface area contributed by atoms with Gasteiger partial charge < -0.3 is 5.32 Å². The van der Waals surface area contributed by atoms with E-state index in [-0.39, 0.29) is 11.8 Å². The molecule has 2 aromatic rings. The Labute approximate surface area is 145 Å². The van der Waals surface area contributed by atoms with E-state index >= 15 is 0 Å². The minimum absolute atomic E-state index is 0.0301. The van der Waals surface area contributed by atoms with Crippen molar-refractivity contribution >= 4 is 34.9 Å². The van der Waals surface area contributed by atoms with Gasteiger partial charge in [-0.05, 0) is 37.0 Å². The Hall–Kier alpha value is -1.78. The number of carbonyl (C=O) groups is 1. The Bertz CT molecular complexity index is 739. The van der Waals surface area contributed by atoms with Crippen LogP contribution < -0.4 is 5.32 Å². The fraction of sp³-hybridized carbons (Fsp3) is 0.294. The molecular formula is C17H17Cl2N3O. The molecule has 0 bridgehead atoms. The monoisotopic (exact) mass is 349 g/mol. The van der Waals surface area contributed by atoms with Gasteiger partial charge in [0.15, 0.2) is 0 Å². The second-order valence-corrected chi connectivity index (χ2v) is 6.42. The highest BCUT2D eigenvalue weighted by atomic mass is 35.5. The summed E-state index contributed by atoms with van der Waals surface area (Å²) in [5.74, 6) is 0.747. The summed E-state index contributed by atoms with van der Waals surface area (Å²) in [5, 5.41) is 8.42. The van der Waals surface area contributed by atoms with E-state index in [0.29, 0.717) is 22.4 Å². The molecule has 0 radical (unpaired) electrons. The molecule has 0 fully saturated rings. The van der Waals surface area contributed by atoms with Crippen LogP contribution in [-0.4, -0.2) is 15.7 Å². The minimum atomic E-state index is 0.0301. The zero-order valence-electron chi connectivity index (χ0n) is 12.5. The van der Waals surface area contributed by atoms with Crippen LogP contribution in [0.2, 0.25) is 10.0 Å². The van der Waals surface area contributed by atoms with Crippen LogP contribution in [0.4, 0.5) is 5.82 Å². The maximum atomic E-state index is 12.4. The average molecular weight is 350 g/mol. The maximum Gasteiger partial charge on any atom is 0.228 e. The number of rotatable bonds is 4. The average Bonchev–Trinajstić information content (AvgIpc) is 2.98. The molecule has 1 aromatic heterocycles. The van der Waals surface area contributed by atoms with Gasteiger partial charge >= 0.3 is 0 Å². The molecule has 1 unspecified atom stereocenters. The lowest BCUT2D eigenvalue weighted by atomic mass is 9.94. The number of aromatic nitrogens is 2. The first-order valence-corrected chi connectivity index (χ1v) is 8.30. The number of allylic oxidation sites excluding steroid dienone is 2. The number of hydrogen-bond donors (Lipinski definition) is 1. The fourth-order valence-electron chi connectivity index (χ4n) is 2.64. The first kappa shape index (κ1) is 16.1. The van der Waals surface area contributed by atoms with E-state index in [2.05, 4.69) is 22.6 Å². The Kier molecular flexibility index (Phi) is 5.03. The second kappa shape index (κ2) is 7.20. The molecular weight excluding hydrogens is 333 g/mol. The lowest BCUT2D eigenvalue weighted by molar-refractivity contribution is -0.120. The van der Waals surface area contributed by atoms with Crippen LogP contribution in [-0.2, 0) is 11.3 Å². The first-order valence-electron chi connectivity index (χ1n) is 7.55. The minimum Gasteiger partial charge on any atom is -0.311 e. The van der Waals surface area contributed by atoms with Gasteiger partial charge in [0, 0.05) is 22.0 Å². The van der Waals surface area contributed by atoms with Crippen LogP contribution >= 0.6 is 23.2 Å². The van der Waals surface area contributed by atoms with Crippen molar-refractivity contribution in [2.75, 3.05) is 5.32 Å². The Morgan fingerprint density at radius 2 is 2.17 bits per heavy atom. The highest BCUT2D eigenvalue weighted by molar-refractivity contribution is 6.35. The van der Waals surface area contributed by atoms with Crippen molar-refractivity contribution in [3.63, 3.8) is 0 Å². The van der Waals surface area contributed by atoms with Gasteiger partial charge in [0.2, 0.25) is 5.91 Å². The summed E-state index contributed by atoms with van der Waals surface area (Å²) in [5.41, 5.74) is 0.899. The fourth-order valence-corrected chi connectivity index (χ4v) is 3.10. The smallest absolute Gasteiger partial charge is 0.228 e. The van der Waals surface area contributed by atoms with Crippen molar-refractivity contribution in [2.45, 2.75) is 25.8 Å². The number of nitrogens with one attached hydrogen (secondary N) is 1. The van der Waals surface area contributed by atoms with E-state index in [1.54, 1.807) is 29.1 Å². The number of anilines is 1. The van der Waals surface area contributed by atoms with Gasteiger partial charge in [-0.3, -0.25) is 4.79 Å². The van der Waals surface area contributed by atoms with E-state index < -0.39 is 0 Å². The lowest BCUT2D eigenvalue weighted by Crippen LogP contribution is -2.25. The number of amides is 1. The van der Waals surface area contributed by atoms with Crippen molar-refractivity contribution in [1.29, 1.82) is 0 Å². The largest absolute Gasteiger partial charge is 0.311 e. The molecule has 4 nitrogen and oxygen atoms in total. The summed E-state index contributed by atoms with van der Waals surface area (Å²) in [7, 11) is 0. The molecule has 1 heterocycles. The van der Waals surface area contributed by atoms with Crippen LogP contribution in [0.5, 0.6) is 0 Å². The van der Waals surface area contributed by atoms with Crippen LogP contribution in [0.25, 0.3) is 0 Å². The summed E-state index contributed by atoms with van der Waals surface area (Å²) in [6, 6.07) is 7.15. The van der Waals surface area contributed by atoms with Crippen LogP contribution in [0.1, 0.15) is 24.8 Å². The molecule has 1 aliphatic carbocycles.